The molecule has 0 aliphatic heterocycles. The van der Waals surface area contributed by atoms with Gasteiger partial charge in [-0.3, -0.25) is 9.79 Å². The van der Waals surface area contributed by atoms with Gasteiger partial charge in [0.2, 0.25) is 0 Å². The first-order valence-electron chi connectivity index (χ1n) is 11.2. The van der Waals surface area contributed by atoms with Crippen molar-refractivity contribution < 1.29 is 17.6 Å². The van der Waals surface area contributed by atoms with Crippen LogP contribution in [0.15, 0.2) is 62.9 Å². The number of rotatable bonds is 5. The first-order chi connectivity index (χ1) is 17.0. The Bertz CT molecular complexity index is 1540. The van der Waals surface area contributed by atoms with Gasteiger partial charge in [0.1, 0.15) is 11.3 Å². The third-order valence-corrected chi connectivity index (χ3v) is 5.92. The van der Waals surface area contributed by atoms with Gasteiger partial charge in [0.25, 0.3) is 0 Å². The molecule has 0 fully saturated rings. The fourth-order valence-corrected chi connectivity index (χ4v) is 4.19. The highest BCUT2D eigenvalue weighted by molar-refractivity contribution is 5.90. The molecule has 0 spiro atoms. The summed E-state index contributed by atoms with van der Waals surface area (Å²) in [4.78, 5) is 20.9. The highest BCUT2D eigenvalue weighted by atomic mass is 19.4. The number of fused-ring (bicyclic) bond motifs is 1. The van der Waals surface area contributed by atoms with Gasteiger partial charge >= 0.3 is 6.18 Å². The highest BCUT2D eigenvalue weighted by Crippen LogP contribution is 2.36. The summed E-state index contributed by atoms with van der Waals surface area (Å²) < 4.78 is 46.8. The Balaban J connectivity index is 1.89. The van der Waals surface area contributed by atoms with Crippen LogP contribution in [-0.4, -0.2) is 18.2 Å². The summed E-state index contributed by atoms with van der Waals surface area (Å²) in [6, 6.07) is 10.9. The number of alkyl halides is 3. The van der Waals surface area contributed by atoms with E-state index in [9.17, 15) is 18.0 Å². The van der Waals surface area contributed by atoms with Crippen LogP contribution in [0.4, 0.5) is 24.5 Å². The Morgan fingerprint density at radius 3 is 2.61 bits per heavy atom. The first-order valence-corrected chi connectivity index (χ1v) is 11.2. The molecule has 2 aromatic heterocycles. The fraction of sp³-hybridized carbons (Fsp3) is 0.222. The molecule has 3 N–H and O–H groups in total. The molecule has 0 aliphatic carbocycles. The summed E-state index contributed by atoms with van der Waals surface area (Å²) in [7, 11) is 1.63. The quantitative estimate of drug-likeness (QED) is 0.251. The van der Waals surface area contributed by atoms with Gasteiger partial charge < -0.3 is 15.5 Å². The Morgan fingerprint density at radius 2 is 1.92 bits per heavy atom. The van der Waals surface area contributed by atoms with Crippen LogP contribution >= 0.6 is 0 Å². The zero-order chi connectivity index (χ0) is 26.2. The van der Waals surface area contributed by atoms with E-state index in [2.05, 4.69) is 15.3 Å². The van der Waals surface area contributed by atoms with Crippen molar-refractivity contribution in [3.63, 3.8) is 0 Å². The average molecular weight is 495 g/mol. The molecule has 0 radical (unpaired) electrons. The Hall–Kier alpha value is -4.14. The third kappa shape index (κ3) is 4.68. The van der Waals surface area contributed by atoms with Crippen LogP contribution in [0.2, 0.25) is 0 Å². The van der Waals surface area contributed by atoms with Crippen molar-refractivity contribution in [2.24, 2.45) is 4.99 Å². The molecule has 1 unspecified atom stereocenters. The second-order valence-electron chi connectivity index (χ2n) is 8.61. The number of aliphatic imine (C=N–C) groups is 1. The number of anilines is 2. The van der Waals surface area contributed by atoms with Crippen LogP contribution in [0.5, 0.6) is 0 Å². The predicted molar refractivity (Wildman–Crippen MR) is 137 cm³/mol. The van der Waals surface area contributed by atoms with Crippen molar-refractivity contribution in [3.05, 3.63) is 86.8 Å². The molecule has 9 heteroatoms. The molecule has 6 nitrogen and oxygen atoms in total. The summed E-state index contributed by atoms with van der Waals surface area (Å²) in [6.45, 7) is 5.21. The first kappa shape index (κ1) is 25.0. The van der Waals surface area contributed by atoms with E-state index in [1.165, 1.54) is 12.1 Å². The monoisotopic (exact) mass is 494 g/mol. The molecule has 1 atom stereocenters. The molecule has 4 rings (SSSR count). The zero-order valence-electron chi connectivity index (χ0n) is 20.2. The predicted octanol–water partition coefficient (Wildman–Crippen LogP) is 6.29. The van der Waals surface area contributed by atoms with E-state index < -0.39 is 17.9 Å². The van der Waals surface area contributed by atoms with Crippen molar-refractivity contribution in [2.75, 3.05) is 18.1 Å². The molecule has 0 saturated carbocycles. The van der Waals surface area contributed by atoms with E-state index >= 15 is 0 Å². The number of hydrogen-bond acceptors (Lipinski definition) is 6. The molecule has 36 heavy (non-hydrogen) atoms. The van der Waals surface area contributed by atoms with E-state index in [4.69, 9.17) is 10.2 Å². The summed E-state index contributed by atoms with van der Waals surface area (Å²) in [5, 5.41) is 3.26. The zero-order valence-corrected chi connectivity index (χ0v) is 20.2. The molecular formula is C27H25F3N4O2. The van der Waals surface area contributed by atoms with Crippen molar-refractivity contribution >= 4 is 28.6 Å². The van der Waals surface area contributed by atoms with Gasteiger partial charge in [-0.15, -0.1) is 0 Å². The number of nitrogen functional groups attached to an aromatic ring is 1. The maximum absolute atomic E-state index is 13.5. The average Bonchev–Trinajstić information content (AvgIpc) is 2.82. The lowest BCUT2D eigenvalue weighted by atomic mass is 9.98. The lowest BCUT2D eigenvalue weighted by Crippen LogP contribution is -2.16. The number of benzene rings is 2. The largest absolute Gasteiger partial charge is 0.455 e. The van der Waals surface area contributed by atoms with Gasteiger partial charge in [0, 0.05) is 47.4 Å². The number of hydrogen-bond donors (Lipinski definition) is 2. The summed E-state index contributed by atoms with van der Waals surface area (Å²) >= 11 is 0. The molecule has 186 valence electrons. The third-order valence-electron chi connectivity index (χ3n) is 5.92. The van der Waals surface area contributed by atoms with Gasteiger partial charge in [-0.1, -0.05) is 6.07 Å². The van der Waals surface area contributed by atoms with Gasteiger partial charge in [-0.2, -0.15) is 13.2 Å². The van der Waals surface area contributed by atoms with Crippen LogP contribution in [0.25, 0.3) is 22.3 Å². The van der Waals surface area contributed by atoms with E-state index in [1.54, 1.807) is 57.4 Å². The van der Waals surface area contributed by atoms with E-state index in [1.807, 2.05) is 6.92 Å². The Labute approximate surface area is 205 Å². The van der Waals surface area contributed by atoms with Crippen molar-refractivity contribution in [1.29, 1.82) is 0 Å². The lowest BCUT2D eigenvalue weighted by molar-refractivity contribution is -0.140. The van der Waals surface area contributed by atoms with E-state index in [0.29, 0.717) is 44.7 Å². The van der Waals surface area contributed by atoms with E-state index in [0.717, 1.165) is 11.8 Å². The van der Waals surface area contributed by atoms with Gasteiger partial charge in [-0.25, -0.2) is 4.98 Å². The maximum Gasteiger partial charge on any atom is 0.435 e. The van der Waals surface area contributed by atoms with Crippen LogP contribution in [-0.2, 0) is 6.18 Å². The van der Waals surface area contributed by atoms with Crippen molar-refractivity contribution in [2.45, 2.75) is 33.0 Å². The smallest absolute Gasteiger partial charge is 0.435 e. The molecule has 2 aromatic carbocycles. The second kappa shape index (κ2) is 9.49. The van der Waals surface area contributed by atoms with Crippen LogP contribution in [0.1, 0.15) is 40.9 Å². The van der Waals surface area contributed by atoms with Gasteiger partial charge in [-0.05, 0) is 62.7 Å². The standard InChI is InChI=1S/C27H25F3N4O2/c1-14-10-19(16(3)34-22-6-5-9-33-26(22)27(28,29)30)25-20(11-14)23(35)15(2)24(36-25)17-7-8-21(31)18(12-17)13-32-4/h5-13,16,34H,31H2,1-4H3. The number of halogens is 3. The Kier molecular flexibility index (Phi) is 6.58. The number of nitrogens with one attached hydrogen (secondary N) is 1. The number of nitrogens with two attached hydrogens (primary N) is 1. The van der Waals surface area contributed by atoms with E-state index in [-0.39, 0.29) is 11.1 Å². The normalized spacial score (nSPS) is 12.9. The Morgan fingerprint density at radius 1 is 1.17 bits per heavy atom. The van der Waals surface area contributed by atoms with Crippen molar-refractivity contribution in [3.8, 4) is 11.3 Å². The molecule has 4 aromatic rings. The molecule has 0 aliphatic rings. The maximum atomic E-state index is 13.5. The highest BCUT2D eigenvalue weighted by Gasteiger charge is 2.35. The molecule has 0 bridgehead atoms. The minimum Gasteiger partial charge on any atom is -0.455 e. The summed E-state index contributed by atoms with van der Waals surface area (Å²) in [5.74, 6) is 0.355. The molecular weight excluding hydrogens is 469 g/mol. The van der Waals surface area contributed by atoms with Crippen LogP contribution < -0.4 is 16.5 Å². The van der Waals surface area contributed by atoms with Crippen LogP contribution in [0, 0.1) is 13.8 Å². The van der Waals surface area contributed by atoms with Crippen molar-refractivity contribution in [1.82, 2.24) is 4.98 Å². The van der Waals surface area contributed by atoms with Gasteiger partial charge in [0.05, 0.1) is 17.1 Å². The minimum absolute atomic E-state index is 0.163. The molecule has 2 heterocycles. The second-order valence-corrected chi connectivity index (χ2v) is 8.61. The number of pyridine rings is 1. The summed E-state index contributed by atoms with van der Waals surface area (Å²) in [5.41, 5.74) is 8.50. The minimum atomic E-state index is -4.62. The van der Waals surface area contributed by atoms with Gasteiger partial charge in [0.15, 0.2) is 11.1 Å². The number of aryl methyl sites for hydroxylation is 1. The number of aromatic nitrogens is 1. The SMILES string of the molecule is CN=Cc1cc(-c2oc3c(C(C)Nc4cccnc4C(F)(F)F)cc(C)cc3c(=O)c2C)ccc1N. The lowest BCUT2D eigenvalue weighted by Gasteiger charge is -2.21. The fourth-order valence-electron chi connectivity index (χ4n) is 4.19. The molecule has 0 saturated heterocycles. The molecule has 0 amide bonds. The van der Waals surface area contributed by atoms with Crippen LogP contribution in [0.3, 0.4) is 0 Å². The number of nitrogens with zero attached hydrogens (tertiary/aromatic N) is 2. The topological polar surface area (TPSA) is 93.5 Å². The summed E-state index contributed by atoms with van der Waals surface area (Å²) in [6.07, 6.45) is -1.91.